The van der Waals surface area contributed by atoms with E-state index in [9.17, 15) is 4.39 Å². The monoisotopic (exact) mass is 269 g/mol. The molecule has 2 aromatic rings. The topological polar surface area (TPSA) is 41.6 Å². The summed E-state index contributed by atoms with van der Waals surface area (Å²) in [7, 11) is 0. The van der Waals surface area contributed by atoms with Crippen LogP contribution in [0.3, 0.4) is 0 Å². The van der Waals surface area contributed by atoms with E-state index in [-0.39, 0.29) is 5.82 Å². The summed E-state index contributed by atoms with van der Waals surface area (Å²) in [6.07, 6.45) is 1.01. The first-order chi connectivity index (χ1) is 9.74. The van der Waals surface area contributed by atoms with Gasteiger partial charge in [0.05, 0.1) is 0 Å². The van der Waals surface area contributed by atoms with Crippen molar-refractivity contribution in [3.8, 4) is 0 Å². The summed E-state index contributed by atoms with van der Waals surface area (Å²) in [5.41, 5.74) is 8.46. The molecule has 0 unspecified atom stereocenters. The Morgan fingerprint density at radius 3 is 2.40 bits per heavy atom. The van der Waals surface area contributed by atoms with Gasteiger partial charge in [0.15, 0.2) is 0 Å². The lowest BCUT2D eigenvalue weighted by molar-refractivity contribution is 0.627. The Labute approximate surface area is 117 Å². The summed E-state index contributed by atoms with van der Waals surface area (Å²) in [5.74, 6) is 0.658. The maximum absolute atomic E-state index is 13.1. The van der Waals surface area contributed by atoms with Crippen LogP contribution in [0.5, 0.6) is 0 Å². The summed E-state index contributed by atoms with van der Waals surface area (Å²) in [6, 6.07) is 14.2. The Morgan fingerprint density at radius 1 is 1.00 bits per heavy atom. The molecule has 3 rings (SSSR count). The molecule has 0 fully saturated rings. The number of rotatable bonds is 2. The molecule has 20 heavy (non-hydrogen) atoms. The van der Waals surface area contributed by atoms with Crippen molar-refractivity contribution in [1.82, 2.24) is 0 Å². The molecule has 0 amide bonds. The van der Waals surface area contributed by atoms with Crippen LogP contribution in [0, 0.1) is 5.82 Å². The molecule has 1 aliphatic rings. The van der Waals surface area contributed by atoms with Crippen LogP contribution < -0.4 is 10.6 Å². The van der Waals surface area contributed by atoms with Crippen molar-refractivity contribution in [2.24, 2.45) is 4.99 Å². The normalized spacial score (nSPS) is 15.1. The van der Waals surface area contributed by atoms with Gasteiger partial charge in [0.2, 0.25) is 0 Å². The highest BCUT2D eigenvalue weighted by molar-refractivity contribution is 6.10. The standard InChI is InChI=1S/C16H16FN3/c17-13-4-2-12(3-5-13)16-19-10-1-11-20(16)15-8-6-14(18)7-9-15/h2-9H,1,10-11,18H2. The molecule has 0 atom stereocenters. The van der Waals surface area contributed by atoms with E-state index in [0.29, 0.717) is 0 Å². The van der Waals surface area contributed by atoms with Crippen molar-refractivity contribution in [3.05, 3.63) is 59.9 Å². The fourth-order valence-corrected chi connectivity index (χ4v) is 2.36. The average molecular weight is 269 g/mol. The Kier molecular flexibility index (Phi) is 3.37. The third kappa shape index (κ3) is 2.50. The number of anilines is 2. The second kappa shape index (κ2) is 5.33. The predicted octanol–water partition coefficient (Wildman–Crippen LogP) is 3.06. The molecule has 0 bridgehead atoms. The van der Waals surface area contributed by atoms with Gasteiger partial charge in [-0.05, 0) is 55.0 Å². The van der Waals surface area contributed by atoms with Gasteiger partial charge in [-0.1, -0.05) is 0 Å². The van der Waals surface area contributed by atoms with Gasteiger partial charge in [-0.25, -0.2) is 4.39 Å². The number of nitrogen functional groups attached to an aromatic ring is 1. The molecule has 2 aromatic carbocycles. The van der Waals surface area contributed by atoms with E-state index in [1.807, 2.05) is 24.3 Å². The van der Waals surface area contributed by atoms with Crippen LogP contribution in [0.2, 0.25) is 0 Å². The van der Waals surface area contributed by atoms with Gasteiger partial charge in [0.25, 0.3) is 0 Å². The third-order valence-corrected chi connectivity index (χ3v) is 3.36. The number of halogens is 1. The van der Waals surface area contributed by atoms with Crippen molar-refractivity contribution < 1.29 is 4.39 Å². The van der Waals surface area contributed by atoms with Gasteiger partial charge >= 0.3 is 0 Å². The molecule has 1 aliphatic heterocycles. The van der Waals surface area contributed by atoms with E-state index in [1.54, 1.807) is 12.1 Å². The zero-order chi connectivity index (χ0) is 13.9. The van der Waals surface area contributed by atoms with Crippen molar-refractivity contribution in [2.75, 3.05) is 23.7 Å². The lowest BCUT2D eigenvalue weighted by atomic mass is 10.1. The van der Waals surface area contributed by atoms with Crippen molar-refractivity contribution in [2.45, 2.75) is 6.42 Å². The van der Waals surface area contributed by atoms with Crippen molar-refractivity contribution in [3.63, 3.8) is 0 Å². The van der Waals surface area contributed by atoms with Gasteiger partial charge < -0.3 is 10.6 Å². The Hall–Kier alpha value is -2.36. The first-order valence-electron chi connectivity index (χ1n) is 6.67. The lowest BCUT2D eigenvalue weighted by Crippen LogP contribution is -2.36. The minimum absolute atomic E-state index is 0.232. The molecule has 4 heteroatoms. The summed E-state index contributed by atoms with van der Waals surface area (Å²) in [4.78, 5) is 6.75. The lowest BCUT2D eigenvalue weighted by Gasteiger charge is -2.29. The first-order valence-corrected chi connectivity index (χ1v) is 6.67. The Balaban J connectivity index is 1.97. The van der Waals surface area contributed by atoms with Gasteiger partial charge in [-0.15, -0.1) is 0 Å². The highest BCUT2D eigenvalue weighted by atomic mass is 19.1. The summed E-state index contributed by atoms with van der Waals surface area (Å²) >= 11 is 0. The van der Waals surface area contributed by atoms with Crippen molar-refractivity contribution in [1.29, 1.82) is 0 Å². The van der Waals surface area contributed by atoms with Crippen LogP contribution in [-0.4, -0.2) is 18.9 Å². The number of aliphatic imine (C=N–C) groups is 1. The number of nitrogens with zero attached hydrogens (tertiary/aromatic N) is 2. The van der Waals surface area contributed by atoms with Crippen LogP contribution in [0.1, 0.15) is 12.0 Å². The molecule has 0 aromatic heterocycles. The van der Waals surface area contributed by atoms with Gasteiger partial charge in [-0.2, -0.15) is 0 Å². The van der Waals surface area contributed by atoms with Gasteiger partial charge in [0.1, 0.15) is 11.7 Å². The van der Waals surface area contributed by atoms with E-state index in [2.05, 4.69) is 9.89 Å². The zero-order valence-electron chi connectivity index (χ0n) is 11.1. The first kappa shape index (κ1) is 12.7. The van der Waals surface area contributed by atoms with Crippen LogP contribution in [0.15, 0.2) is 53.5 Å². The average Bonchev–Trinajstić information content (AvgIpc) is 2.49. The van der Waals surface area contributed by atoms with Crippen LogP contribution in [0.4, 0.5) is 15.8 Å². The van der Waals surface area contributed by atoms with E-state index >= 15 is 0 Å². The number of hydrogen-bond acceptors (Lipinski definition) is 3. The fraction of sp³-hybridized carbons (Fsp3) is 0.188. The maximum atomic E-state index is 13.1. The van der Waals surface area contributed by atoms with E-state index < -0.39 is 0 Å². The predicted molar refractivity (Wildman–Crippen MR) is 80.6 cm³/mol. The summed E-state index contributed by atoms with van der Waals surface area (Å²) in [6.45, 7) is 1.71. The highest BCUT2D eigenvalue weighted by Crippen LogP contribution is 2.22. The molecule has 0 saturated carbocycles. The number of nitrogens with two attached hydrogens (primary N) is 1. The summed E-state index contributed by atoms with van der Waals surface area (Å²) < 4.78 is 13.1. The minimum atomic E-state index is -0.232. The number of benzene rings is 2. The molecule has 2 N–H and O–H groups in total. The molecular weight excluding hydrogens is 253 g/mol. The van der Waals surface area contributed by atoms with Gasteiger partial charge in [-0.3, -0.25) is 4.99 Å². The molecule has 0 saturated heterocycles. The minimum Gasteiger partial charge on any atom is -0.399 e. The number of hydrogen-bond donors (Lipinski definition) is 1. The Bertz CT molecular complexity index is 617. The SMILES string of the molecule is Nc1ccc(N2CCCN=C2c2ccc(F)cc2)cc1. The van der Waals surface area contributed by atoms with Crippen LogP contribution in [-0.2, 0) is 0 Å². The largest absolute Gasteiger partial charge is 0.399 e. The van der Waals surface area contributed by atoms with E-state index in [1.165, 1.54) is 12.1 Å². The molecule has 0 radical (unpaired) electrons. The van der Waals surface area contributed by atoms with Gasteiger partial charge in [0, 0.05) is 30.0 Å². The molecule has 0 spiro atoms. The van der Waals surface area contributed by atoms with E-state index in [4.69, 9.17) is 5.73 Å². The molecule has 102 valence electrons. The second-order valence-electron chi connectivity index (χ2n) is 4.81. The van der Waals surface area contributed by atoms with Crippen molar-refractivity contribution >= 4 is 17.2 Å². The molecule has 1 heterocycles. The number of amidine groups is 1. The Morgan fingerprint density at radius 2 is 1.70 bits per heavy atom. The van der Waals surface area contributed by atoms with E-state index in [0.717, 1.165) is 42.3 Å². The smallest absolute Gasteiger partial charge is 0.135 e. The second-order valence-corrected chi connectivity index (χ2v) is 4.81. The summed E-state index contributed by atoms with van der Waals surface area (Å²) in [5, 5.41) is 0. The molecule has 3 nitrogen and oxygen atoms in total. The third-order valence-electron chi connectivity index (χ3n) is 3.36. The quantitative estimate of drug-likeness (QED) is 0.851. The fourth-order valence-electron chi connectivity index (χ4n) is 2.36. The van der Waals surface area contributed by atoms with Crippen LogP contribution >= 0.6 is 0 Å². The highest BCUT2D eigenvalue weighted by Gasteiger charge is 2.18. The molecular formula is C16H16FN3. The maximum Gasteiger partial charge on any atom is 0.135 e. The zero-order valence-corrected chi connectivity index (χ0v) is 11.1. The van der Waals surface area contributed by atoms with Crippen LogP contribution in [0.25, 0.3) is 0 Å². The molecule has 0 aliphatic carbocycles.